The van der Waals surface area contributed by atoms with Crippen LogP contribution in [0.3, 0.4) is 0 Å². The van der Waals surface area contributed by atoms with Crippen LogP contribution < -0.4 is 0 Å². The minimum atomic E-state index is -0.739. The molecule has 0 spiro atoms. The second-order valence-corrected chi connectivity index (χ2v) is 6.17. The van der Waals surface area contributed by atoms with Crippen LogP contribution in [0.4, 0.5) is 0 Å². The van der Waals surface area contributed by atoms with Crippen LogP contribution in [0.25, 0.3) is 10.4 Å². The summed E-state index contributed by atoms with van der Waals surface area (Å²) in [4.78, 5) is 27.5. The van der Waals surface area contributed by atoms with Crippen molar-refractivity contribution in [2.75, 3.05) is 19.6 Å². The molecule has 7 nitrogen and oxygen atoms in total. The maximum absolute atomic E-state index is 12.0. The minimum absolute atomic E-state index is 0.170. The smallest absolute Gasteiger partial charge is 0.306 e. The van der Waals surface area contributed by atoms with Crippen LogP contribution in [-0.2, 0) is 9.59 Å². The third kappa shape index (κ3) is 8.45. The van der Waals surface area contributed by atoms with E-state index in [-0.39, 0.29) is 11.8 Å². The Morgan fingerprint density at radius 1 is 1.04 bits per heavy atom. The number of hydrogen-bond acceptors (Lipinski definition) is 3. The van der Waals surface area contributed by atoms with Crippen LogP contribution in [0.1, 0.15) is 64.2 Å². The van der Waals surface area contributed by atoms with Crippen LogP contribution in [0.2, 0.25) is 0 Å². The lowest BCUT2D eigenvalue weighted by molar-refractivity contribution is -0.145. The predicted molar refractivity (Wildman–Crippen MR) is 87.9 cm³/mol. The zero-order valence-corrected chi connectivity index (χ0v) is 13.8. The number of carbonyl (C=O) groups excluding carboxylic acids is 1. The van der Waals surface area contributed by atoms with E-state index in [4.69, 9.17) is 10.6 Å². The largest absolute Gasteiger partial charge is 0.481 e. The van der Waals surface area contributed by atoms with Gasteiger partial charge in [-0.25, -0.2) is 0 Å². The second-order valence-electron chi connectivity index (χ2n) is 6.17. The zero-order chi connectivity index (χ0) is 16.9. The Kier molecular flexibility index (Phi) is 9.87. The lowest BCUT2D eigenvalue weighted by atomic mass is 9.97. The standard InChI is InChI=1S/C16H28N4O3/c17-19-18-11-7-5-3-1-2-4-6-8-15(21)20-12-9-14(10-13-20)16(22)23/h14H,1-13H2,(H,22,23). The summed E-state index contributed by atoms with van der Waals surface area (Å²) in [6.07, 6.45) is 9.21. The first-order chi connectivity index (χ1) is 11.1. The molecule has 0 aromatic rings. The number of azide groups is 1. The third-order valence-corrected chi connectivity index (χ3v) is 4.41. The molecule has 1 rings (SSSR count). The first-order valence-corrected chi connectivity index (χ1v) is 8.66. The number of piperidine rings is 1. The van der Waals surface area contributed by atoms with Gasteiger partial charge in [0, 0.05) is 31.0 Å². The normalized spacial score (nSPS) is 15.2. The van der Waals surface area contributed by atoms with E-state index in [2.05, 4.69) is 10.0 Å². The summed E-state index contributed by atoms with van der Waals surface area (Å²) < 4.78 is 0. The summed E-state index contributed by atoms with van der Waals surface area (Å²) >= 11 is 0. The van der Waals surface area contributed by atoms with Crippen molar-refractivity contribution < 1.29 is 14.7 Å². The highest BCUT2D eigenvalue weighted by Gasteiger charge is 2.26. The fourth-order valence-electron chi connectivity index (χ4n) is 2.92. The van der Waals surface area contributed by atoms with Crippen molar-refractivity contribution in [2.45, 2.75) is 64.2 Å². The molecule has 7 heteroatoms. The van der Waals surface area contributed by atoms with Crippen LogP contribution in [0, 0.1) is 5.92 Å². The Morgan fingerprint density at radius 2 is 1.61 bits per heavy atom. The topological polar surface area (TPSA) is 106 Å². The monoisotopic (exact) mass is 324 g/mol. The molecule has 0 bridgehead atoms. The van der Waals surface area contributed by atoms with Gasteiger partial charge in [-0.2, -0.15) is 0 Å². The molecule has 1 aliphatic heterocycles. The molecule has 0 radical (unpaired) electrons. The van der Waals surface area contributed by atoms with E-state index in [1.807, 2.05) is 4.90 Å². The third-order valence-electron chi connectivity index (χ3n) is 4.41. The van der Waals surface area contributed by atoms with Crippen LogP contribution in [0.5, 0.6) is 0 Å². The molecule has 0 saturated carbocycles. The average molecular weight is 324 g/mol. The molecule has 1 fully saturated rings. The average Bonchev–Trinajstić information content (AvgIpc) is 2.56. The molecule has 1 aliphatic rings. The second kappa shape index (κ2) is 11.8. The SMILES string of the molecule is [N-]=[N+]=NCCCCCCCCCC(=O)N1CCC(C(=O)O)CC1. The number of carboxylic acids is 1. The zero-order valence-electron chi connectivity index (χ0n) is 13.8. The molecule has 0 aliphatic carbocycles. The summed E-state index contributed by atoms with van der Waals surface area (Å²) in [7, 11) is 0. The molecule has 0 aromatic carbocycles. The quantitative estimate of drug-likeness (QED) is 0.271. The molecular formula is C16H28N4O3. The van der Waals surface area contributed by atoms with Crippen LogP contribution >= 0.6 is 0 Å². The van der Waals surface area contributed by atoms with Crippen molar-refractivity contribution in [1.82, 2.24) is 4.90 Å². The van der Waals surface area contributed by atoms with Crippen molar-refractivity contribution in [3.63, 3.8) is 0 Å². The number of likely N-dealkylation sites (tertiary alicyclic amines) is 1. The molecular weight excluding hydrogens is 296 g/mol. The molecule has 1 amide bonds. The Morgan fingerprint density at radius 3 is 2.17 bits per heavy atom. The van der Waals surface area contributed by atoms with Crippen molar-refractivity contribution in [2.24, 2.45) is 11.0 Å². The number of amides is 1. The molecule has 1 saturated heterocycles. The minimum Gasteiger partial charge on any atom is -0.481 e. The molecule has 1 N–H and O–H groups in total. The van der Waals surface area contributed by atoms with Crippen LogP contribution in [0.15, 0.2) is 5.11 Å². The molecule has 1 heterocycles. The Labute approximate surface area is 137 Å². The molecule has 130 valence electrons. The summed E-state index contributed by atoms with van der Waals surface area (Å²) in [5.41, 5.74) is 8.14. The summed E-state index contributed by atoms with van der Waals surface area (Å²) in [5.74, 6) is -0.849. The summed E-state index contributed by atoms with van der Waals surface area (Å²) in [6.45, 7) is 1.76. The molecule has 0 aromatic heterocycles. The van der Waals surface area contributed by atoms with E-state index in [9.17, 15) is 9.59 Å². The maximum atomic E-state index is 12.0. The highest BCUT2D eigenvalue weighted by Crippen LogP contribution is 2.18. The fraction of sp³-hybridized carbons (Fsp3) is 0.875. The van der Waals surface area contributed by atoms with E-state index in [0.717, 1.165) is 44.9 Å². The van der Waals surface area contributed by atoms with Gasteiger partial charge in [-0.15, -0.1) is 0 Å². The first-order valence-electron chi connectivity index (χ1n) is 8.66. The van der Waals surface area contributed by atoms with Crippen molar-refractivity contribution in [1.29, 1.82) is 0 Å². The number of unbranched alkanes of at least 4 members (excludes halogenated alkanes) is 6. The Hall–Kier alpha value is -1.75. The van der Waals surface area contributed by atoms with E-state index < -0.39 is 5.97 Å². The van der Waals surface area contributed by atoms with Gasteiger partial charge in [-0.1, -0.05) is 37.2 Å². The number of aliphatic carboxylic acids is 1. The van der Waals surface area contributed by atoms with Gasteiger partial charge in [0.15, 0.2) is 0 Å². The highest BCUT2D eigenvalue weighted by atomic mass is 16.4. The van der Waals surface area contributed by atoms with Gasteiger partial charge in [0.2, 0.25) is 5.91 Å². The first kappa shape index (κ1) is 19.3. The highest BCUT2D eigenvalue weighted by molar-refractivity contribution is 5.77. The molecule has 0 atom stereocenters. The van der Waals surface area contributed by atoms with Crippen LogP contribution in [-0.4, -0.2) is 41.5 Å². The number of carbonyl (C=O) groups is 2. The van der Waals surface area contributed by atoms with Gasteiger partial charge < -0.3 is 10.0 Å². The van der Waals surface area contributed by atoms with Crippen molar-refractivity contribution >= 4 is 11.9 Å². The molecule has 23 heavy (non-hydrogen) atoms. The van der Waals surface area contributed by atoms with Crippen molar-refractivity contribution in [3.05, 3.63) is 10.4 Å². The lowest BCUT2D eigenvalue weighted by Crippen LogP contribution is -2.40. The van der Waals surface area contributed by atoms with Gasteiger partial charge in [0.05, 0.1) is 5.92 Å². The van der Waals surface area contributed by atoms with E-state index in [1.165, 1.54) is 0 Å². The van der Waals surface area contributed by atoms with Crippen molar-refractivity contribution in [3.8, 4) is 0 Å². The maximum Gasteiger partial charge on any atom is 0.306 e. The number of rotatable bonds is 11. The van der Waals surface area contributed by atoms with Gasteiger partial charge in [-0.05, 0) is 31.2 Å². The predicted octanol–water partition coefficient (Wildman–Crippen LogP) is 3.74. The van der Waals surface area contributed by atoms with E-state index in [1.54, 1.807) is 0 Å². The Balaban J connectivity index is 1.96. The Bertz CT molecular complexity index is 414. The lowest BCUT2D eigenvalue weighted by Gasteiger charge is -2.30. The van der Waals surface area contributed by atoms with E-state index in [0.29, 0.717) is 38.9 Å². The van der Waals surface area contributed by atoms with Gasteiger partial charge in [0.1, 0.15) is 0 Å². The summed E-state index contributed by atoms with van der Waals surface area (Å²) in [6, 6.07) is 0. The summed E-state index contributed by atoms with van der Waals surface area (Å²) in [5, 5.41) is 12.4. The van der Waals surface area contributed by atoms with Gasteiger partial charge in [-0.3, -0.25) is 9.59 Å². The fourth-order valence-corrected chi connectivity index (χ4v) is 2.92. The number of nitrogens with zero attached hydrogens (tertiary/aromatic N) is 4. The number of hydrogen-bond donors (Lipinski definition) is 1. The van der Waals surface area contributed by atoms with Gasteiger partial charge in [0.25, 0.3) is 0 Å². The number of carboxylic acid groups (broad SMARTS) is 1. The van der Waals surface area contributed by atoms with E-state index >= 15 is 0 Å². The van der Waals surface area contributed by atoms with Gasteiger partial charge >= 0.3 is 5.97 Å². The molecule has 0 unspecified atom stereocenters.